The summed E-state index contributed by atoms with van der Waals surface area (Å²) in [6.07, 6.45) is 2.84. The molecule has 0 spiro atoms. The van der Waals surface area contributed by atoms with Crippen LogP contribution in [0.4, 0.5) is 10.5 Å². The predicted octanol–water partition coefficient (Wildman–Crippen LogP) is 0.934. The number of carbonyl (C=O) groups is 2. The van der Waals surface area contributed by atoms with Gasteiger partial charge in [-0.2, -0.15) is 0 Å². The molecule has 7 nitrogen and oxygen atoms in total. The molecule has 0 bridgehead atoms. The van der Waals surface area contributed by atoms with Gasteiger partial charge in [-0.15, -0.1) is 0 Å². The largest absolute Gasteiger partial charge is 0.497 e. The molecular weight excluding hydrogens is 296 g/mol. The standard InChI is InChI=1S/C16H22N4O3/c1-23-14-4-2-13(3-5-14)19-16(22)18-10-12-6-8-20(9-7-12)11-15(17)21/h2-6H,7-11H2,1H3,(H2,17,21)(H2,18,19,22). The van der Waals surface area contributed by atoms with Gasteiger partial charge >= 0.3 is 6.03 Å². The Morgan fingerprint density at radius 2 is 2.04 bits per heavy atom. The van der Waals surface area contributed by atoms with Crippen LogP contribution in [-0.2, 0) is 4.79 Å². The van der Waals surface area contributed by atoms with E-state index >= 15 is 0 Å². The first-order valence-electron chi connectivity index (χ1n) is 7.44. The van der Waals surface area contributed by atoms with Gasteiger partial charge in [0.25, 0.3) is 0 Å². The summed E-state index contributed by atoms with van der Waals surface area (Å²) in [6, 6.07) is 6.87. The second-order valence-corrected chi connectivity index (χ2v) is 5.35. The number of rotatable bonds is 6. The Kier molecular flexibility index (Phi) is 5.99. The number of hydrogen-bond donors (Lipinski definition) is 3. The van der Waals surface area contributed by atoms with Crippen molar-refractivity contribution >= 4 is 17.6 Å². The summed E-state index contributed by atoms with van der Waals surface area (Å²) in [6.45, 7) is 2.22. The van der Waals surface area contributed by atoms with Crippen molar-refractivity contribution in [3.63, 3.8) is 0 Å². The average molecular weight is 318 g/mol. The lowest BCUT2D eigenvalue weighted by atomic mass is 10.1. The number of nitrogens with two attached hydrogens (primary N) is 1. The van der Waals surface area contributed by atoms with E-state index in [9.17, 15) is 9.59 Å². The van der Waals surface area contributed by atoms with Crippen LogP contribution in [0.15, 0.2) is 35.9 Å². The summed E-state index contributed by atoms with van der Waals surface area (Å²) in [4.78, 5) is 24.7. The zero-order valence-electron chi connectivity index (χ0n) is 13.2. The van der Waals surface area contributed by atoms with Gasteiger partial charge in [-0.25, -0.2) is 4.79 Å². The lowest BCUT2D eigenvalue weighted by molar-refractivity contribution is -0.119. The highest BCUT2D eigenvalue weighted by Gasteiger charge is 2.13. The first kappa shape index (κ1) is 16.8. The van der Waals surface area contributed by atoms with Crippen LogP contribution in [0.5, 0.6) is 5.75 Å². The van der Waals surface area contributed by atoms with Crippen molar-refractivity contribution in [1.29, 1.82) is 0 Å². The van der Waals surface area contributed by atoms with Gasteiger partial charge in [0, 0.05) is 25.3 Å². The lowest BCUT2D eigenvalue weighted by Crippen LogP contribution is -2.38. The van der Waals surface area contributed by atoms with Crippen molar-refractivity contribution in [2.75, 3.05) is 38.6 Å². The topological polar surface area (TPSA) is 96.7 Å². The van der Waals surface area contributed by atoms with Crippen LogP contribution >= 0.6 is 0 Å². The van der Waals surface area contributed by atoms with Gasteiger partial charge in [0.2, 0.25) is 5.91 Å². The molecule has 2 rings (SSSR count). The second-order valence-electron chi connectivity index (χ2n) is 5.35. The average Bonchev–Trinajstić information content (AvgIpc) is 2.54. The molecular formula is C16H22N4O3. The number of methoxy groups -OCH3 is 1. The normalized spacial score (nSPS) is 14.7. The SMILES string of the molecule is COc1ccc(NC(=O)NCC2=CCN(CC(N)=O)CC2)cc1. The zero-order valence-corrected chi connectivity index (χ0v) is 13.2. The Hall–Kier alpha value is -2.54. The van der Waals surface area contributed by atoms with Crippen molar-refractivity contribution in [3.05, 3.63) is 35.9 Å². The monoisotopic (exact) mass is 318 g/mol. The summed E-state index contributed by atoms with van der Waals surface area (Å²) in [5, 5.41) is 5.59. The molecule has 1 aromatic rings. The molecule has 0 saturated carbocycles. The molecule has 0 atom stereocenters. The zero-order chi connectivity index (χ0) is 16.7. The van der Waals surface area contributed by atoms with E-state index in [-0.39, 0.29) is 18.5 Å². The van der Waals surface area contributed by atoms with E-state index in [1.807, 2.05) is 11.0 Å². The number of hydrogen-bond acceptors (Lipinski definition) is 4. The molecule has 1 aliphatic heterocycles. The third-order valence-electron chi connectivity index (χ3n) is 3.59. The van der Waals surface area contributed by atoms with E-state index in [0.717, 1.165) is 24.3 Å². The third-order valence-corrected chi connectivity index (χ3v) is 3.59. The Morgan fingerprint density at radius 1 is 1.30 bits per heavy atom. The summed E-state index contributed by atoms with van der Waals surface area (Å²) in [5.74, 6) is 0.419. The fourth-order valence-electron chi connectivity index (χ4n) is 2.32. The molecule has 0 aromatic heterocycles. The van der Waals surface area contributed by atoms with Gasteiger partial charge in [-0.05, 0) is 30.7 Å². The number of primary amides is 1. The van der Waals surface area contributed by atoms with Gasteiger partial charge < -0.3 is 21.1 Å². The van der Waals surface area contributed by atoms with Crippen LogP contribution in [0.25, 0.3) is 0 Å². The Balaban J connectivity index is 1.74. The van der Waals surface area contributed by atoms with Crippen molar-refractivity contribution in [2.45, 2.75) is 6.42 Å². The number of nitrogens with one attached hydrogen (secondary N) is 2. The van der Waals surface area contributed by atoms with Crippen LogP contribution in [0.2, 0.25) is 0 Å². The van der Waals surface area contributed by atoms with Crippen LogP contribution in [0, 0.1) is 0 Å². The summed E-state index contributed by atoms with van der Waals surface area (Å²) in [7, 11) is 1.59. The molecule has 0 unspecified atom stereocenters. The van der Waals surface area contributed by atoms with Crippen LogP contribution in [-0.4, -0.2) is 50.1 Å². The highest BCUT2D eigenvalue weighted by molar-refractivity contribution is 5.89. The second kappa shape index (κ2) is 8.19. The summed E-state index contributed by atoms with van der Waals surface area (Å²) < 4.78 is 5.06. The minimum atomic E-state index is -0.321. The van der Waals surface area contributed by atoms with Gasteiger partial charge in [0.05, 0.1) is 13.7 Å². The molecule has 1 aliphatic rings. The smallest absolute Gasteiger partial charge is 0.319 e. The molecule has 7 heteroatoms. The van der Waals surface area contributed by atoms with Crippen molar-refractivity contribution in [1.82, 2.24) is 10.2 Å². The highest BCUT2D eigenvalue weighted by atomic mass is 16.5. The summed E-state index contributed by atoms with van der Waals surface area (Å²) in [5.41, 5.74) is 7.02. The minimum Gasteiger partial charge on any atom is -0.497 e. The van der Waals surface area contributed by atoms with Crippen molar-refractivity contribution in [2.24, 2.45) is 5.73 Å². The maximum Gasteiger partial charge on any atom is 0.319 e. The van der Waals surface area contributed by atoms with Gasteiger partial charge in [0.1, 0.15) is 5.75 Å². The molecule has 0 radical (unpaired) electrons. The minimum absolute atomic E-state index is 0.254. The number of nitrogens with zero attached hydrogens (tertiary/aromatic N) is 1. The Bertz CT molecular complexity index is 583. The lowest BCUT2D eigenvalue weighted by Gasteiger charge is -2.25. The molecule has 0 aliphatic carbocycles. The molecule has 1 aromatic carbocycles. The first-order valence-corrected chi connectivity index (χ1v) is 7.44. The molecule has 23 heavy (non-hydrogen) atoms. The fourth-order valence-corrected chi connectivity index (χ4v) is 2.32. The molecule has 124 valence electrons. The van der Waals surface area contributed by atoms with E-state index < -0.39 is 0 Å². The number of anilines is 1. The Labute approximate surface area is 135 Å². The quantitative estimate of drug-likeness (QED) is 0.680. The number of urea groups is 1. The highest BCUT2D eigenvalue weighted by Crippen LogP contribution is 2.15. The van der Waals surface area contributed by atoms with Crippen LogP contribution in [0.1, 0.15) is 6.42 Å². The molecule has 0 saturated heterocycles. The molecule has 1 heterocycles. The number of amides is 3. The van der Waals surface area contributed by atoms with Crippen LogP contribution < -0.4 is 21.1 Å². The summed E-state index contributed by atoms with van der Waals surface area (Å²) >= 11 is 0. The number of carbonyl (C=O) groups excluding carboxylic acids is 2. The maximum absolute atomic E-state index is 11.9. The predicted molar refractivity (Wildman–Crippen MR) is 88.3 cm³/mol. The molecule has 4 N–H and O–H groups in total. The van der Waals surface area contributed by atoms with Crippen LogP contribution in [0.3, 0.4) is 0 Å². The maximum atomic E-state index is 11.9. The van der Waals surface area contributed by atoms with E-state index in [0.29, 0.717) is 18.8 Å². The van der Waals surface area contributed by atoms with E-state index in [2.05, 4.69) is 10.6 Å². The van der Waals surface area contributed by atoms with E-state index in [1.54, 1.807) is 31.4 Å². The number of benzene rings is 1. The fraction of sp³-hybridized carbons (Fsp3) is 0.375. The van der Waals surface area contributed by atoms with Gasteiger partial charge in [-0.1, -0.05) is 11.6 Å². The van der Waals surface area contributed by atoms with Crippen molar-refractivity contribution in [3.8, 4) is 5.75 Å². The number of ether oxygens (including phenoxy) is 1. The molecule has 3 amide bonds. The Morgan fingerprint density at radius 3 is 2.61 bits per heavy atom. The molecule has 0 fully saturated rings. The van der Waals surface area contributed by atoms with E-state index in [1.165, 1.54) is 0 Å². The first-order chi connectivity index (χ1) is 11.1. The third kappa shape index (κ3) is 5.63. The van der Waals surface area contributed by atoms with Gasteiger partial charge in [-0.3, -0.25) is 9.69 Å². The van der Waals surface area contributed by atoms with Crippen molar-refractivity contribution < 1.29 is 14.3 Å². The van der Waals surface area contributed by atoms with Gasteiger partial charge in [0.15, 0.2) is 0 Å². The van der Waals surface area contributed by atoms with E-state index in [4.69, 9.17) is 10.5 Å².